The lowest BCUT2D eigenvalue weighted by Crippen LogP contribution is -2.37. The summed E-state index contributed by atoms with van der Waals surface area (Å²) in [7, 11) is 0. The number of rotatable bonds is 6. The number of aryl methyl sites for hydroxylation is 1. The van der Waals surface area contributed by atoms with Crippen molar-refractivity contribution in [3.63, 3.8) is 0 Å². The van der Waals surface area contributed by atoms with Crippen molar-refractivity contribution in [1.29, 1.82) is 0 Å². The molecule has 1 aromatic heterocycles. The van der Waals surface area contributed by atoms with Crippen molar-refractivity contribution in [3.8, 4) is 0 Å². The van der Waals surface area contributed by atoms with Crippen molar-refractivity contribution in [2.45, 2.75) is 13.0 Å². The van der Waals surface area contributed by atoms with E-state index in [4.69, 9.17) is 0 Å². The molecule has 1 aliphatic rings. The van der Waals surface area contributed by atoms with E-state index in [2.05, 4.69) is 10.3 Å². The molecule has 0 saturated carbocycles. The van der Waals surface area contributed by atoms with Gasteiger partial charge in [0.05, 0.1) is 6.33 Å². The smallest absolute Gasteiger partial charge is 0.282 e. The number of hydrogen-bond donors (Lipinski definition) is 1. The van der Waals surface area contributed by atoms with E-state index in [1.54, 1.807) is 17.4 Å². The predicted molar refractivity (Wildman–Crippen MR) is 69.3 cm³/mol. The zero-order valence-corrected chi connectivity index (χ0v) is 10.9. The summed E-state index contributed by atoms with van der Waals surface area (Å²) >= 11 is 1.27. The fourth-order valence-corrected chi connectivity index (χ4v) is 2.53. The summed E-state index contributed by atoms with van der Waals surface area (Å²) in [6.07, 6.45) is 6.23. The lowest BCUT2D eigenvalue weighted by Gasteiger charge is -2.13. The van der Waals surface area contributed by atoms with E-state index in [0.29, 0.717) is 13.1 Å². The molecule has 18 heavy (non-hydrogen) atoms. The second-order valence-corrected chi connectivity index (χ2v) is 5.09. The third-order valence-electron chi connectivity index (χ3n) is 2.65. The lowest BCUT2D eigenvalue weighted by atomic mass is 10.4. The summed E-state index contributed by atoms with van der Waals surface area (Å²) in [6.45, 7) is 2.30. The summed E-state index contributed by atoms with van der Waals surface area (Å²) in [5.41, 5.74) is 0. The fourth-order valence-electron chi connectivity index (χ4n) is 1.71. The molecule has 1 aliphatic heterocycles. The number of aromatic nitrogens is 2. The summed E-state index contributed by atoms with van der Waals surface area (Å²) in [6, 6.07) is 0. The minimum Gasteiger partial charge on any atom is -0.354 e. The van der Waals surface area contributed by atoms with Crippen LogP contribution in [0.2, 0.25) is 0 Å². The van der Waals surface area contributed by atoms with Gasteiger partial charge in [-0.1, -0.05) is 11.8 Å². The van der Waals surface area contributed by atoms with Crippen LogP contribution < -0.4 is 5.32 Å². The van der Waals surface area contributed by atoms with E-state index >= 15 is 0 Å². The summed E-state index contributed by atoms with van der Waals surface area (Å²) in [5.74, 6) is 0.698. The van der Waals surface area contributed by atoms with Crippen LogP contribution in [0.4, 0.5) is 4.79 Å². The van der Waals surface area contributed by atoms with E-state index in [9.17, 15) is 9.59 Å². The van der Waals surface area contributed by atoms with Crippen molar-refractivity contribution in [2.75, 3.05) is 25.4 Å². The maximum atomic E-state index is 11.6. The Bertz CT molecular complexity index is 407. The molecular formula is C11H16N4O2S. The van der Waals surface area contributed by atoms with E-state index in [1.807, 2.05) is 10.8 Å². The van der Waals surface area contributed by atoms with Crippen LogP contribution in [0, 0.1) is 0 Å². The van der Waals surface area contributed by atoms with Crippen molar-refractivity contribution in [2.24, 2.45) is 0 Å². The average Bonchev–Trinajstić information content (AvgIpc) is 2.98. The predicted octanol–water partition coefficient (Wildman–Crippen LogP) is 0.558. The van der Waals surface area contributed by atoms with Gasteiger partial charge in [0.15, 0.2) is 0 Å². The Morgan fingerprint density at radius 2 is 2.44 bits per heavy atom. The van der Waals surface area contributed by atoms with Gasteiger partial charge < -0.3 is 14.8 Å². The largest absolute Gasteiger partial charge is 0.354 e. The van der Waals surface area contributed by atoms with Crippen molar-refractivity contribution >= 4 is 22.9 Å². The van der Waals surface area contributed by atoms with Crippen LogP contribution in [0.3, 0.4) is 0 Å². The van der Waals surface area contributed by atoms with Crippen LogP contribution in [0.25, 0.3) is 0 Å². The fraction of sp³-hybridized carbons (Fsp3) is 0.545. The van der Waals surface area contributed by atoms with Gasteiger partial charge in [-0.3, -0.25) is 9.59 Å². The summed E-state index contributed by atoms with van der Waals surface area (Å²) in [5, 5.41) is 2.82. The minimum atomic E-state index is -0.0866. The number of hydrogen-bond acceptors (Lipinski definition) is 4. The SMILES string of the molecule is O=C(CN1CCSC1=O)NCCCn1ccnc1. The highest BCUT2D eigenvalue weighted by molar-refractivity contribution is 8.13. The molecule has 1 N–H and O–H groups in total. The van der Waals surface area contributed by atoms with Crippen LogP contribution in [-0.4, -0.2) is 51.0 Å². The van der Waals surface area contributed by atoms with Gasteiger partial charge in [-0.15, -0.1) is 0 Å². The standard InChI is InChI=1S/C11H16N4O2S/c16-10(8-15-6-7-18-11(15)17)13-2-1-4-14-5-3-12-9-14/h3,5,9H,1-2,4,6-8H2,(H,13,16). The quantitative estimate of drug-likeness (QED) is 0.765. The Hall–Kier alpha value is -1.50. The first-order chi connectivity index (χ1) is 8.75. The zero-order valence-electron chi connectivity index (χ0n) is 10.0. The molecule has 0 bridgehead atoms. The maximum Gasteiger partial charge on any atom is 0.282 e. The van der Waals surface area contributed by atoms with Crippen molar-refractivity contribution in [3.05, 3.63) is 18.7 Å². The molecule has 0 radical (unpaired) electrons. The van der Waals surface area contributed by atoms with Crippen molar-refractivity contribution in [1.82, 2.24) is 19.8 Å². The Morgan fingerprint density at radius 1 is 1.56 bits per heavy atom. The van der Waals surface area contributed by atoms with Gasteiger partial charge in [0.1, 0.15) is 6.54 Å². The molecule has 6 nitrogen and oxygen atoms in total. The van der Waals surface area contributed by atoms with Gasteiger partial charge >= 0.3 is 0 Å². The molecule has 0 aliphatic carbocycles. The molecule has 2 heterocycles. The Morgan fingerprint density at radius 3 is 3.11 bits per heavy atom. The Kier molecular flexibility index (Phi) is 4.63. The highest BCUT2D eigenvalue weighted by Crippen LogP contribution is 2.16. The van der Waals surface area contributed by atoms with Crippen LogP contribution in [0.5, 0.6) is 0 Å². The molecule has 2 amide bonds. The molecule has 1 fully saturated rings. The number of imidazole rings is 1. The third-order valence-corrected chi connectivity index (χ3v) is 3.55. The number of nitrogens with one attached hydrogen (secondary N) is 1. The third kappa shape index (κ3) is 3.76. The summed E-state index contributed by atoms with van der Waals surface area (Å²) < 4.78 is 1.97. The van der Waals surface area contributed by atoms with E-state index in [1.165, 1.54) is 11.8 Å². The van der Waals surface area contributed by atoms with Crippen LogP contribution in [0.15, 0.2) is 18.7 Å². The Balaban J connectivity index is 1.58. The van der Waals surface area contributed by atoms with Crippen LogP contribution >= 0.6 is 11.8 Å². The highest BCUT2D eigenvalue weighted by atomic mass is 32.2. The molecule has 1 saturated heterocycles. The van der Waals surface area contributed by atoms with Gasteiger partial charge in [0.25, 0.3) is 5.24 Å². The first-order valence-corrected chi connectivity index (χ1v) is 6.88. The summed E-state index contributed by atoms with van der Waals surface area (Å²) in [4.78, 5) is 28.4. The second-order valence-electron chi connectivity index (χ2n) is 4.04. The molecule has 0 atom stereocenters. The van der Waals surface area contributed by atoms with Gasteiger partial charge in [0, 0.05) is 37.8 Å². The van der Waals surface area contributed by atoms with Gasteiger partial charge in [0.2, 0.25) is 5.91 Å². The van der Waals surface area contributed by atoms with E-state index in [0.717, 1.165) is 18.7 Å². The maximum absolute atomic E-state index is 11.6. The van der Waals surface area contributed by atoms with E-state index in [-0.39, 0.29) is 17.7 Å². The van der Waals surface area contributed by atoms with Gasteiger partial charge in [-0.2, -0.15) is 0 Å². The van der Waals surface area contributed by atoms with Crippen LogP contribution in [0.1, 0.15) is 6.42 Å². The first kappa shape index (κ1) is 12.9. The zero-order chi connectivity index (χ0) is 12.8. The molecule has 1 aromatic rings. The topological polar surface area (TPSA) is 67.2 Å². The minimum absolute atomic E-state index is 0.00330. The number of amides is 2. The van der Waals surface area contributed by atoms with Crippen molar-refractivity contribution < 1.29 is 9.59 Å². The first-order valence-electron chi connectivity index (χ1n) is 5.90. The monoisotopic (exact) mass is 268 g/mol. The molecule has 7 heteroatoms. The number of carbonyl (C=O) groups is 2. The molecule has 0 aromatic carbocycles. The number of carbonyl (C=O) groups excluding carboxylic acids is 2. The van der Waals surface area contributed by atoms with Gasteiger partial charge in [-0.05, 0) is 6.42 Å². The average molecular weight is 268 g/mol. The molecule has 0 spiro atoms. The Labute approximate surface area is 110 Å². The second kappa shape index (κ2) is 6.44. The highest BCUT2D eigenvalue weighted by Gasteiger charge is 2.22. The normalized spacial score (nSPS) is 15.1. The molecular weight excluding hydrogens is 252 g/mol. The van der Waals surface area contributed by atoms with E-state index < -0.39 is 0 Å². The number of nitrogens with zero attached hydrogens (tertiary/aromatic N) is 3. The number of thioether (sulfide) groups is 1. The van der Waals surface area contributed by atoms with Crippen LogP contribution in [-0.2, 0) is 11.3 Å². The molecule has 0 unspecified atom stereocenters. The lowest BCUT2D eigenvalue weighted by molar-refractivity contribution is -0.121. The molecule has 2 rings (SSSR count). The molecule has 98 valence electrons. The van der Waals surface area contributed by atoms with Gasteiger partial charge in [-0.25, -0.2) is 4.98 Å².